The minimum absolute atomic E-state index is 0.246. The summed E-state index contributed by atoms with van der Waals surface area (Å²) >= 11 is 0. The van der Waals surface area contributed by atoms with E-state index in [4.69, 9.17) is 5.73 Å². The number of hydrogen-bond acceptors (Lipinski definition) is 2. The van der Waals surface area contributed by atoms with Crippen LogP contribution in [0.3, 0.4) is 0 Å². The average molecular weight is 246 g/mol. The quantitative estimate of drug-likeness (QED) is 0.833. The molecule has 18 heavy (non-hydrogen) atoms. The minimum Gasteiger partial charge on any atom is -0.399 e. The summed E-state index contributed by atoms with van der Waals surface area (Å²) in [6.07, 6.45) is 2.69. The summed E-state index contributed by atoms with van der Waals surface area (Å²) in [6.45, 7) is 5.29. The fourth-order valence-electron chi connectivity index (χ4n) is 2.76. The second-order valence-corrected chi connectivity index (χ2v) is 5.37. The van der Waals surface area contributed by atoms with Gasteiger partial charge in [0.2, 0.25) is 5.91 Å². The summed E-state index contributed by atoms with van der Waals surface area (Å²) in [5.41, 5.74) is 7.43. The summed E-state index contributed by atoms with van der Waals surface area (Å²) in [5, 5.41) is 0. The zero-order chi connectivity index (χ0) is 13.1. The van der Waals surface area contributed by atoms with Gasteiger partial charge in [-0.3, -0.25) is 4.79 Å². The van der Waals surface area contributed by atoms with Crippen molar-refractivity contribution < 1.29 is 4.79 Å². The van der Waals surface area contributed by atoms with E-state index in [-0.39, 0.29) is 5.91 Å². The largest absolute Gasteiger partial charge is 0.399 e. The lowest BCUT2D eigenvalue weighted by atomic mass is 10.1. The first kappa shape index (κ1) is 12.9. The molecule has 3 heteroatoms. The van der Waals surface area contributed by atoms with Crippen LogP contribution in [0.2, 0.25) is 0 Å². The molecule has 1 heterocycles. The van der Waals surface area contributed by atoms with Crippen LogP contribution < -0.4 is 5.73 Å². The van der Waals surface area contributed by atoms with Gasteiger partial charge >= 0.3 is 0 Å². The number of nitrogen functional groups attached to an aromatic ring is 1. The molecule has 1 aromatic carbocycles. The highest BCUT2D eigenvalue weighted by molar-refractivity contribution is 5.79. The molecule has 0 spiro atoms. The Kier molecular flexibility index (Phi) is 3.90. The first-order chi connectivity index (χ1) is 8.60. The van der Waals surface area contributed by atoms with Crippen molar-refractivity contribution in [2.75, 3.05) is 12.3 Å². The fourth-order valence-corrected chi connectivity index (χ4v) is 2.76. The normalized spacial score (nSPS) is 23.3. The molecule has 2 rings (SSSR count). The first-order valence-corrected chi connectivity index (χ1v) is 6.74. The molecule has 2 unspecified atom stereocenters. The van der Waals surface area contributed by atoms with Crippen molar-refractivity contribution in [1.82, 2.24) is 4.90 Å². The standard InChI is InChI=1S/C15H22N2O/c1-3-14-8-11(2)10-17(14)15(18)9-12-4-6-13(16)7-5-12/h4-7,11,14H,3,8-10,16H2,1-2H3. The molecule has 0 aromatic heterocycles. The molecule has 0 saturated carbocycles. The third kappa shape index (κ3) is 2.84. The summed E-state index contributed by atoms with van der Waals surface area (Å²) in [4.78, 5) is 14.4. The van der Waals surface area contributed by atoms with E-state index in [0.717, 1.165) is 30.6 Å². The van der Waals surface area contributed by atoms with Gasteiger partial charge in [0.25, 0.3) is 0 Å². The SMILES string of the molecule is CCC1CC(C)CN1C(=O)Cc1ccc(N)cc1. The Bertz CT molecular complexity index is 413. The molecule has 1 amide bonds. The molecular formula is C15H22N2O. The van der Waals surface area contributed by atoms with E-state index in [1.165, 1.54) is 0 Å². The van der Waals surface area contributed by atoms with Gasteiger partial charge in [-0.1, -0.05) is 26.0 Å². The van der Waals surface area contributed by atoms with Gasteiger partial charge in [0.1, 0.15) is 0 Å². The number of hydrogen-bond donors (Lipinski definition) is 1. The topological polar surface area (TPSA) is 46.3 Å². The Labute approximate surface area is 109 Å². The predicted octanol–water partition coefficient (Wildman–Crippen LogP) is 2.46. The number of likely N-dealkylation sites (tertiary alicyclic amines) is 1. The van der Waals surface area contributed by atoms with Crippen LogP contribution in [-0.2, 0) is 11.2 Å². The second kappa shape index (κ2) is 5.42. The summed E-state index contributed by atoms with van der Waals surface area (Å²) in [7, 11) is 0. The number of anilines is 1. The fraction of sp³-hybridized carbons (Fsp3) is 0.533. The van der Waals surface area contributed by atoms with Crippen molar-refractivity contribution in [1.29, 1.82) is 0 Å². The molecule has 1 aliphatic heterocycles. The Morgan fingerprint density at radius 3 is 2.67 bits per heavy atom. The van der Waals surface area contributed by atoms with Crippen molar-refractivity contribution in [3.63, 3.8) is 0 Å². The van der Waals surface area contributed by atoms with E-state index < -0.39 is 0 Å². The number of rotatable bonds is 3. The number of amides is 1. The van der Waals surface area contributed by atoms with Gasteiger partial charge in [-0.05, 0) is 36.5 Å². The lowest BCUT2D eigenvalue weighted by Gasteiger charge is -2.23. The summed E-state index contributed by atoms with van der Waals surface area (Å²) in [5.74, 6) is 0.876. The molecule has 98 valence electrons. The maximum Gasteiger partial charge on any atom is 0.227 e. The van der Waals surface area contributed by atoms with E-state index in [0.29, 0.717) is 18.4 Å². The van der Waals surface area contributed by atoms with Crippen molar-refractivity contribution in [2.24, 2.45) is 5.92 Å². The first-order valence-electron chi connectivity index (χ1n) is 6.74. The summed E-state index contributed by atoms with van der Waals surface area (Å²) < 4.78 is 0. The Balaban J connectivity index is 2.01. The lowest BCUT2D eigenvalue weighted by molar-refractivity contribution is -0.131. The van der Waals surface area contributed by atoms with Crippen LogP contribution in [0.4, 0.5) is 5.69 Å². The van der Waals surface area contributed by atoms with Gasteiger partial charge in [-0.2, -0.15) is 0 Å². The molecule has 2 N–H and O–H groups in total. The van der Waals surface area contributed by atoms with Gasteiger partial charge < -0.3 is 10.6 Å². The number of nitrogens with zero attached hydrogens (tertiary/aromatic N) is 1. The third-order valence-electron chi connectivity index (χ3n) is 3.75. The van der Waals surface area contributed by atoms with Crippen LogP contribution in [0.5, 0.6) is 0 Å². The van der Waals surface area contributed by atoms with Crippen LogP contribution in [0.1, 0.15) is 32.3 Å². The number of benzene rings is 1. The highest BCUT2D eigenvalue weighted by atomic mass is 16.2. The molecule has 1 aliphatic rings. The van der Waals surface area contributed by atoms with E-state index in [1.807, 2.05) is 24.3 Å². The van der Waals surface area contributed by atoms with Gasteiger partial charge in [0.05, 0.1) is 6.42 Å². The van der Waals surface area contributed by atoms with E-state index in [2.05, 4.69) is 18.7 Å². The molecule has 1 saturated heterocycles. The van der Waals surface area contributed by atoms with Crippen LogP contribution in [0.25, 0.3) is 0 Å². The monoisotopic (exact) mass is 246 g/mol. The lowest BCUT2D eigenvalue weighted by Crippen LogP contribution is -2.36. The maximum absolute atomic E-state index is 12.3. The highest BCUT2D eigenvalue weighted by Gasteiger charge is 2.31. The molecule has 1 aromatic rings. The van der Waals surface area contributed by atoms with Crippen molar-refractivity contribution in [3.05, 3.63) is 29.8 Å². The van der Waals surface area contributed by atoms with E-state index >= 15 is 0 Å². The van der Waals surface area contributed by atoms with E-state index in [9.17, 15) is 4.79 Å². The molecule has 0 aliphatic carbocycles. The Morgan fingerprint density at radius 1 is 1.39 bits per heavy atom. The Hall–Kier alpha value is -1.51. The van der Waals surface area contributed by atoms with E-state index in [1.54, 1.807) is 0 Å². The van der Waals surface area contributed by atoms with Crippen LogP contribution in [-0.4, -0.2) is 23.4 Å². The van der Waals surface area contributed by atoms with Gasteiger partial charge in [-0.15, -0.1) is 0 Å². The predicted molar refractivity (Wildman–Crippen MR) is 74.1 cm³/mol. The smallest absolute Gasteiger partial charge is 0.227 e. The molecular weight excluding hydrogens is 224 g/mol. The molecule has 0 radical (unpaired) electrons. The molecule has 3 nitrogen and oxygen atoms in total. The van der Waals surface area contributed by atoms with Gasteiger partial charge in [0, 0.05) is 18.3 Å². The highest BCUT2D eigenvalue weighted by Crippen LogP contribution is 2.25. The molecule has 2 atom stereocenters. The Morgan fingerprint density at radius 2 is 2.06 bits per heavy atom. The zero-order valence-corrected chi connectivity index (χ0v) is 11.2. The number of nitrogens with two attached hydrogens (primary N) is 1. The van der Waals surface area contributed by atoms with Crippen molar-refractivity contribution in [2.45, 2.75) is 39.2 Å². The van der Waals surface area contributed by atoms with Crippen LogP contribution in [0, 0.1) is 5.92 Å². The molecule has 0 bridgehead atoms. The number of carbonyl (C=O) groups excluding carboxylic acids is 1. The van der Waals surface area contributed by atoms with Crippen LogP contribution >= 0.6 is 0 Å². The van der Waals surface area contributed by atoms with Crippen LogP contribution in [0.15, 0.2) is 24.3 Å². The average Bonchev–Trinajstić information content (AvgIpc) is 2.73. The zero-order valence-electron chi connectivity index (χ0n) is 11.2. The maximum atomic E-state index is 12.3. The van der Waals surface area contributed by atoms with Crippen molar-refractivity contribution >= 4 is 11.6 Å². The molecule has 1 fully saturated rings. The second-order valence-electron chi connectivity index (χ2n) is 5.37. The van der Waals surface area contributed by atoms with Gasteiger partial charge in [0.15, 0.2) is 0 Å². The van der Waals surface area contributed by atoms with Gasteiger partial charge in [-0.25, -0.2) is 0 Å². The minimum atomic E-state index is 0.246. The number of carbonyl (C=O) groups is 1. The summed E-state index contributed by atoms with van der Waals surface area (Å²) in [6, 6.07) is 8.02. The van der Waals surface area contributed by atoms with Crippen molar-refractivity contribution in [3.8, 4) is 0 Å². The third-order valence-corrected chi connectivity index (χ3v) is 3.75.